The van der Waals surface area contributed by atoms with Crippen LogP contribution in [0.25, 0.3) is 49.1 Å². The van der Waals surface area contributed by atoms with Crippen LogP contribution in [0, 0.1) is 0 Å². The molecule has 0 saturated heterocycles. The van der Waals surface area contributed by atoms with E-state index < -0.39 is 5.54 Å². The summed E-state index contributed by atoms with van der Waals surface area (Å²) in [5, 5.41) is 11.0. The number of hydrogen-bond acceptors (Lipinski definition) is 2. The minimum absolute atomic E-state index is 0.786. The Kier molecular flexibility index (Phi) is 6.72. The molecule has 1 unspecified atom stereocenters. The summed E-state index contributed by atoms with van der Waals surface area (Å²) in [6, 6.07) is 65.1. The maximum Gasteiger partial charge on any atom is 0.135 e. The SMILES string of the molecule is C1=C(c2ccc(-c3ccc4ccccc4c3)cc2)NC(c2cccc3ccccc23)=NC1(c1ccccc1)c1cccc2ccccc12. The largest absolute Gasteiger partial charge is 0.340 e. The van der Waals surface area contributed by atoms with Gasteiger partial charge in [-0.3, -0.25) is 0 Å². The molecule has 1 heterocycles. The first kappa shape index (κ1) is 28.0. The van der Waals surface area contributed by atoms with Crippen molar-refractivity contribution in [1.82, 2.24) is 5.32 Å². The zero-order chi connectivity index (χ0) is 31.9. The van der Waals surface area contributed by atoms with Gasteiger partial charge in [-0.15, -0.1) is 0 Å². The lowest BCUT2D eigenvalue weighted by Crippen LogP contribution is -2.36. The van der Waals surface area contributed by atoms with Crippen LogP contribution in [0.1, 0.15) is 22.3 Å². The molecule has 8 aromatic rings. The molecule has 1 atom stereocenters. The summed E-state index contributed by atoms with van der Waals surface area (Å²) in [6.07, 6.45) is 2.32. The van der Waals surface area contributed by atoms with Gasteiger partial charge in [0.2, 0.25) is 0 Å². The fraction of sp³-hybridized carbons (Fsp3) is 0.0217. The summed E-state index contributed by atoms with van der Waals surface area (Å²) in [4.78, 5) is 5.72. The van der Waals surface area contributed by atoms with Gasteiger partial charge in [0.15, 0.2) is 0 Å². The molecule has 1 N–H and O–H groups in total. The van der Waals surface area contributed by atoms with Crippen LogP contribution >= 0.6 is 0 Å². The quantitative estimate of drug-likeness (QED) is 0.205. The summed E-state index contributed by atoms with van der Waals surface area (Å²) in [6.45, 7) is 0. The zero-order valence-electron chi connectivity index (χ0n) is 26.3. The van der Waals surface area contributed by atoms with Gasteiger partial charge < -0.3 is 5.32 Å². The Morgan fingerprint density at radius 1 is 0.417 bits per heavy atom. The molecule has 0 amide bonds. The maximum atomic E-state index is 5.72. The highest BCUT2D eigenvalue weighted by molar-refractivity contribution is 6.13. The predicted octanol–water partition coefficient (Wildman–Crippen LogP) is 11.1. The summed E-state index contributed by atoms with van der Waals surface area (Å²) < 4.78 is 0. The summed E-state index contributed by atoms with van der Waals surface area (Å²) in [7, 11) is 0. The topological polar surface area (TPSA) is 24.4 Å². The molecular weight excluding hydrogens is 581 g/mol. The Morgan fingerprint density at radius 2 is 1.00 bits per heavy atom. The second-order valence-corrected chi connectivity index (χ2v) is 12.5. The van der Waals surface area contributed by atoms with Crippen molar-refractivity contribution in [2.45, 2.75) is 5.54 Å². The molecule has 48 heavy (non-hydrogen) atoms. The highest BCUT2D eigenvalue weighted by atomic mass is 15.1. The first-order valence-corrected chi connectivity index (χ1v) is 16.5. The Labute approximate surface area is 280 Å². The third-order valence-electron chi connectivity index (χ3n) is 9.63. The van der Waals surface area contributed by atoms with Gasteiger partial charge in [0, 0.05) is 11.3 Å². The second-order valence-electron chi connectivity index (χ2n) is 12.5. The highest BCUT2D eigenvalue weighted by Gasteiger charge is 2.37. The Hall–Kier alpha value is -6.25. The van der Waals surface area contributed by atoms with Crippen molar-refractivity contribution in [3.05, 3.63) is 210 Å². The van der Waals surface area contributed by atoms with Gasteiger partial charge in [0.1, 0.15) is 11.4 Å². The van der Waals surface area contributed by atoms with Gasteiger partial charge in [0.25, 0.3) is 0 Å². The molecule has 1 aliphatic heterocycles. The molecule has 9 rings (SSSR count). The standard InChI is InChI=1S/C46H32N2/c1-2-18-39(19-3-1)46(43-23-11-17-35-14-7-9-21-41(35)43)31-44(47-45(48-46)42-22-10-16-34-13-6-8-20-40(34)42)36-27-24-33(25-28-36)38-29-26-32-12-4-5-15-37(32)30-38/h1-31H,(H,47,48). The van der Waals surface area contributed by atoms with Crippen LogP contribution in [0.2, 0.25) is 0 Å². The smallest absolute Gasteiger partial charge is 0.135 e. The highest BCUT2D eigenvalue weighted by Crippen LogP contribution is 2.43. The van der Waals surface area contributed by atoms with Crippen LogP contribution in [-0.2, 0) is 5.54 Å². The molecule has 8 aromatic carbocycles. The van der Waals surface area contributed by atoms with Crippen LogP contribution < -0.4 is 5.32 Å². The first-order chi connectivity index (χ1) is 23.7. The van der Waals surface area contributed by atoms with Crippen molar-refractivity contribution in [3.8, 4) is 11.1 Å². The number of hydrogen-bond donors (Lipinski definition) is 1. The molecule has 0 aliphatic carbocycles. The van der Waals surface area contributed by atoms with Gasteiger partial charge in [-0.2, -0.15) is 0 Å². The molecule has 0 radical (unpaired) electrons. The maximum absolute atomic E-state index is 5.72. The molecular formula is C46H32N2. The average Bonchev–Trinajstić information content (AvgIpc) is 3.17. The van der Waals surface area contributed by atoms with Gasteiger partial charge in [-0.05, 0) is 72.3 Å². The van der Waals surface area contributed by atoms with Crippen molar-refractivity contribution in [3.63, 3.8) is 0 Å². The van der Waals surface area contributed by atoms with Crippen molar-refractivity contribution < 1.29 is 0 Å². The van der Waals surface area contributed by atoms with Crippen LogP contribution in [0.15, 0.2) is 193 Å². The number of nitrogens with one attached hydrogen (secondary N) is 1. The van der Waals surface area contributed by atoms with Crippen LogP contribution in [0.3, 0.4) is 0 Å². The van der Waals surface area contributed by atoms with Crippen molar-refractivity contribution in [1.29, 1.82) is 0 Å². The lowest BCUT2D eigenvalue weighted by molar-refractivity contribution is 0.678. The first-order valence-electron chi connectivity index (χ1n) is 16.5. The van der Waals surface area contributed by atoms with Crippen LogP contribution in [0.5, 0.6) is 0 Å². The van der Waals surface area contributed by atoms with Crippen molar-refractivity contribution >= 4 is 43.9 Å². The molecule has 0 saturated carbocycles. The van der Waals surface area contributed by atoms with E-state index in [0.717, 1.165) is 33.8 Å². The van der Waals surface area contributed by atoms with E-state index in [4.69, 9.17) is 4.99 Å². The fourth-order valence-corrected chi connectivity index (χ4v) is 7.23. The van der Waals surface area contributed by atoms with E-state index in [2.05, 4.69) is 193 Å². The van der Waals surface area contributed by atoms with Gasteiger partial charge >= 0.3 is 0 Å². The molecule has 0 spiro atoms. The zero-order valence-corrected chi connectivity index (χ0v) is 26.3. The number of nitrogens with zero attached hydrogens (tertiary/aromatic N) is 1. The van der Waals surface area contributed by atoms with Gasteiger partial charge in [-0.25, -0.2) is 4.99 Å². The number of aliphatic imine (C=N–C) groups is 1. The van der Waals surface area contributed by atoms with Gasteiger partial charge in [0.05, 0.1) is 0 Å². The Morgan fingerprint density at radius 3 is 1.79 bits per heavy atom. The van der Waals surface area contributed by atoms with E-state index in [1.54, 1.807) is 0 Å². The number of benzene rings is 8. The predicted molar refractivity (Wildman–Crippen MR) is 202 cm³/mol. The summed E-state index contributed by atoms with van der Waals surface area (Å²) >= 11 is 0. The van der Waals surface area contributed by atoms with E-state index in [9.17, 15) is 0 Å². The fourth-order valence-electron chi connectivity index (χ4n) is 7.23. The van der Waals surface area contributed by atoms with Crippen LogP contribution in [-0.4, -0.2) is 5.84 Å². The molecule has 2 heteroatoms. The Bertz CT molecular complexity index is 2520. The second kappa shape index (κ2) is 11.5. The van der Waals surface area contributed by atoms with Crippen LogP contribution in [0.4, 0.5) is 0 Å². The summed E-state index contributed by atoms with van der Waals surface area (Å²) in [5.74, 6) is 0.847. The molecule has 2 nitrogen and oxygen atoms in total. The van der Waals surface area contributed by atoms with E-state index in [-0.39, 0.29) is 0 Å². The third-order valence-corrected chi connectivity index (χ3v) is 9.63. The summed E-state index contributed by atoms with van der Waals surface area (Å²) in [5.41, 5.74) is 7.08. The Balaban J connectivity index is 1.27. The van der Waals surface area contributed by atoms with E-state index >= 15 is 0 Å². The van der Waals surface area contributed by atoms with E-state index in [1.165, 1.54) is 43.4 Å². The van der Waals surface area contributed by atoms with Crippen molar-refractivity contribution in [2.24, 2.45) is 4.99 Å². The normalized spacial score (nSPS) is 16.0. The molecule has 0 aromatic heterocycles. The number of rotatable bonds is 5. The molecule has 226 valence electrons. The minimum atomic E-state index is -0.786. The minimum Gasteiger partial charge on any atom is -0.340 e. The lowest BCUT2D eigenvalue weighted by atomic mass is 9.78. The number of fused-ring (bicyclic) bond motifs is 3. The monoisotopic (exact) mass is 612 g/mol. The van der Waals surface area contributed by atoms with E-state index in [1.807, 2.05) is 0 Å². The molecule has 1 aliphatic rings. The average molecular weight is 613 g/mol. The third kappa shape index (κ3) is 4.78. The van der Waals surface area contributed by atoms with E-state index in [0.29, 0.717) is 0 Å². The molecule has 0 bridgehead atoms. The van der Waals surface area contributed by atoms with Gasteiger partial charge in [-0.1, -0.05) is 176 Å². The van der Waals surface area contributed by atoms with Crippen molar-refractivity contribution in [2.75, 3.05) is 0 Å². The molecule has 0 fully saturated rings. The number of amidine groups is 1. The lowest BCUT2D eigenvalue weighted by Gasteiger charge is -2.35.